The van der Waals surface area contributed by atoms with Crippen molar-refractivity contribution in [3.63, 3.8) is 0 Å². The van der Waals surface area contributed by atoms with Crippen LogP contribution >= 0.6 is 0 Å². The maximum absolute atomic E-state index is 13.1. The summed E-state index contributed by atoms with van der Waals surface area (Å²) in [6, 6.07) is 18.9. The highest BCUT2D eigenvalue weighted by molar-refractivity contribution is 6.57. The fourth-order valence-corrected chi connectivity index (χ4v) is 5.67. The molecule has 0 saturated carbocycles. The zero-order chi connectivity index (χ0) is 22.3. The van der Waals surface area contributed by atoms with Crippen LogP contribution in [0.3, 0.4) is 0 Å². The first kappa shape index (κ1) is 20.0. The normalized spacial score (nSPS) is 27.4. The van der Waals surface area contributed by atoms with Crippen molar-refractivity contribution < 1.29 is 14.1 Å². The minimum absolute atomic E-state index is 0.00939. The largest absolute Gasteiger partial charge is 0.491 e. The summed E-state index contributed by atoms with van der Waals surface area (Å²) < 4.78 is 13.2. The third kappa shape index (κ3) is 2.67. The van der Waals surface area contributed by atoms with Crippen LogP contribution in [0.1, 0.15) is 57.6 Å². The first-order valence-electron chi connectivity index (χ1n) is 11.5. The highest BCUT2D eigenvalue weighted by Gasteiger charge is 2.58. The zero-order valence-electron chi connectivity index (χ0n) is 19.1. The zero-order valence-corrected chi connectivity index (χ0v) is 19.1. The van der Waals surface area contributed by atoms with Crippen molar-refractivity contribution in [2.75, 3.05) is 4.90 Å². The van der Waals surface area contributed by atoms with E-state index in [1.807, 2.05) is 17.0 Å². The lowest BCUT2D eigenvalue weighted by Gasteiger charge is -2.40. The minimum Gasteiger partial charge on any atom is -0.400 e. The Morgan fingerprint density at radius 1 is 0.906 bits per heavy atom. The number of anilines is 1. The van der Waals surface area contributed by atoms with Gasteiger partial charge in [0.25, 0.3) is 0 Å². The van der Waals surface area contributed by atoms with Crippen LogP contribution in [-0.2, 0) is 14.1 Å². The van der Waals surface area contributed by atoms with Gasteiger partial charge < -0.3 is 14.2 Å². The van der Waals surface area contributed by atoms with E-state index in [0.717, 1.165) is 23.1 Å². The third-order valence-electron chi connectivity index (χ3n) is 7.97. The summed E-state index contributed by atoms with van der Waals surface area (Å²) in [6.45, 7) is 8.38. The number of nitrogens with zero attached hydrogens (tertiary/aromatic N) is 1. The topological polar surface area (TPSA) is 38.8 Å². The molecule has 1 aliphatic carbocycles. The average molecular weight is 425 g/mol. The second-order valence-corrected chi connectivity index (χ2v) is 10.3. The summed E-state index contributed by atoms with van der Waals surface area (Å²) in [4.78, 5) is 15.1. The molecule has 2 aromatic rings. The van der Waals surface area contributed by atoms with Gasteiger partial charge in [0.15, 0.2) is 0 Å². The van der Waals surface area contributed by atoms with Gasteiger partial charge in [0.1, 0.15) is 0 Å². The van der Waals surface area contributed by atoms with Gasteiger partial charge in [-0.05, 0) is 67.9 Å². The number of amides is 1. The predicted octanol–water partition coefficient (Wildman–Crippen LogP) is 5.30. The summed E-state index contributed by atoms with van der Waals surface area (Å²) in [5.74, 6) is 0.235. The number of rotatable bonds is 2. The molecule has 5 heteroatoms. The van der Waals surface area contributed by atoms with E-state index in [-0.39, 0.29) is 17.9 Å². The number of allylic oxidation sites excluding steroid dienone is 2. The lowest BCUT2D eigenvalue weighted by molar-refractivity contribution is -0.119. The van der Waals surface area contributed by atoms with E-state index in [1.54, 1.807) is 0 Å². The van der Waals surface area contributed by atoms with Crippen LogP contribution in [0.25, 0.3) is 5.57 Å². The number of hydrogen-bond donors (Lipinski definition) is 0. The monoisotopic (exact) mass is 425 g/mol. The van der Waals surface area contributed by atoms with E-state index in [9.17, 15) is 4.79 Å². The molecule has 2 aromatic carbocycles. The molecule has 0 N–H and O–H groups in total. The summed E-state index contributed by atoms with van der Waals surface area (Å²) in [6.07, 6.45) is 3.66. The van der Waals surface area contributed by atoms with Crippen LogP contribution in [0.15, 0.2) is 71.7 Å². The molecule has 4 nitrogen and oxygen atoms in total. The number of piperidine rings is 1. The number of benzene rings is 2. The van der Waals surface area contributed by atoms with Crippen LogP contribution in [0, 0.1) is 0 Å². The Labute approximate surface area is 190 Å². The van der Waals surface area contributed by atoms with Gasteiger partial charge in [-0.1, -0.05) is 54.6 Å². The van der Waals surface area contributed by atoms with Crippen molar-refractivity contribution in [2.45, 2.75) is 63.7 Å². The number of carbonyl (C=O) groups is 1. The lowest BCUT2D eigenvalue weighted by atomic mass is 9.60. The molecule has 1 amide bonds. The Bertz CT molecular complexity index is 1160. The number of hydrogen-bond acceptors (Lipinski definition) is 3. The molecule has 0 unspecified atom stereocenters. The molecule has 2 saturated heterocycles. The standard InChI is InChI=1S/C27H28BNO3/c1-26(2)27(3,4)32-28(31-26)24-20(17-10-6-5-7-11-17)16-18-14-15-22(30)29-21-13-9-8-12-19(21)23(24)25(18)29/h5-13,16,23,25H,14-15H2,1-4H3/t23-,25+/m1/s1. The van der Waals surface area contributed by atoms with Crippen molar-refractivity contribution in [1.82, 2.24) is 0 Å². The molecule has 0 bridgehead atoms. The van der Waals surface area contributed by atoms with E-state index in [0.29, 0.717) is 6.42 Å². The molecule has 0 spiro atoms. The van der Waals surface area contributed by atoms with Gasteiger partial charge in [-0.2, -0.15) is 0 Å². The molecule has 4 aliphatic rings. The minimum atomic E-state index is -0.469. The first-order valence-corrected chi connectivity index (χ1v) is 11.5. The fraction of sp³-hybridized carbons (Fsp3) is 0.370. The molecule has 3 heterocycles. The Kier molecular flexibility index (Phi) is 4.18. The Hall–Kier alpha value is -2.63. The molecule has 162 valence electrons. The van der Waals surface area contributed by atoms with Gasteiger partial charge in [-0.25, -0.2) is 0 Å². The summed E-state index contributed by atoms with van der Waals surface area (Å²) in [5.41, 5.74) is 6.14. The van der Waals surface area contributed by atoms with E-state index in [1.165, 1.54) is 16.7 Å². The quantitative estimate of drug-likeness (QED) is 0.613. The van der Waals surface area contributed by atoms with Gasteiger partial charge >= 0.3 is 7.12 Å². The summed E-state index contributed by atoms with van der Waals surface area (Å²) >= 11 is 0. The third-order valence-corrected chi connectivity index (χ3v) is 7.97. The predicted molar refractivity (Wildman–Crippen MR) is 127 cm³/mol. The van der Waals surface area contributed by atoms with Gasteiger partial charge in [-0.3, -0.25) is 4.79 Å². The Balaban J connectivity index is 1.61. The van der Waals surface area contributed by atoms with Crippen molar-refractivity contribution in [1.29, 1.82) is 0 Å². The Morgan fingerprint density at radius 3 is 2.28 bits per heavy atom. The van der Waals surface area contributed by atoms with Crippen molar-refractivity contribution >= 4 is 24.3 Å². The van der Waals surface area contributed by atoms with Gasteiger partial charge in [0, 0.05) is 18.0 Å². The molecule has 2 fully saturated rings. The van der Waals surface area contributed by atoms with Crippen molar-refractivity contribution in [3.8, 4) is 0 Å². The number of carbonyl (C=O) groups excluding carboxylic acids is 1. The van der Waals surface area contributed by atoms with Crippen LogP contribution in [-0.4, -0.2) is 30.3 Å². The molecule has 3 aliphatic heterocycles. The molecule has 32 heavy (non-hydrogen) atoms. The van der Waals surface area contributed by atoms with Crippen LogP contribution < -0.4 is 4.90 Å². The van der Waals surface area contributed by atoms with Gasteiger partial charge in [-0.15, -0.1) is 0 Å². The smallest absolute Gasteiger partial charge is 0.400 e. The molecule has 0 radical (unpaired) electrons. The Morgan fingerprint density at radius 2 is 1.56 bits per heavy atom. The van der Waals surface area contributed by atoms with Crippen LogP contribution in [0.2, 0.25) is 0 Å². The molecule has 6 rings (SSSR count). The van der Waals surface area contributed by atoms with E-state index in [2.05, 4.69) is 76.2 Å². The van der Waals surface area contributed by atoms with Gasteiger partial charge in [0.2, 0.25) is 5.91 Å². The molecule has 0 aromatic heterocycles. The average Bonchev–Trinajstić information content (AvgIpc) is 3.23. The highest BCUT2D eigenvalue weighted by atomic mass is 16.7. The first-order chi connectivity index (χ1) is 15.3. The number of para-hydroxylation sites is 1. The van der Waals surface area contributed by atoms with E-state index >= 15 is 0 Å². The van der Waals surface area contributed by atoms with Crippen molar-refractivity contribution in [3.05, 3.63) is 82.8 Å². The molecule has 2 atom stereocenters. The lowest BCUT2D eigenvalue weighted by Crippen LogP contribution is -2.47. The van der Waals surface area contributed by atoms with Crippen LogP contribution in [0.5, 0.6) is 0 Å². The maximum atomic E-state index is 13.1. The summed E-state index contributed by atoms with van der Waals surface area (Å²) in [5, 5.41) is 0. The van der Waals surface area contributed by atoms with E-state index in [4.69, 9.17) is 9.31 Å². The highest BCUT2D eigenvalue weighted by Crippen LogP contribution is 2.56. The van der Waals surface area contributed by atoms with Crippen LogP contribution in [0.4, 0.5) is 5.69 Å². The SMILES string of the molecule is CC1(C)OB(C2=C(c3ccccc3)C=C3CCC(=O)N4c5ccccc5[C@H]2[C@H]34)OC1(C)C. The molecular formula is C27H28BNO3. The molecular weight excluding hydrogens is 397 g/mol. The van der Waals surface area contributed by atoms with E-state index < -0.39 is 18.3 Å². The number of fused-ring (bicyclic) bond motifs is 3. The second kappa shape index (κ2) is 6.69. The van der Waals surface area contributed by atoms with Gasteiger partial charge in [0.05, 0.1) is 17.2 Å². The summed E-state index contributed by atoms with van der Waals surface area (Å²) in [7, 11) is -0.469. The van der Waals surface area contributed by atoms with Crippen molar-refractivity contribution in [2.24, 2.45) is 0 Å². The second-order valence-electron chi connectivity index (χ2n) is 10.3. The maximum Gasteiger partial charge on any atom is 0.491 e. The fourth-order valence-electron chi connectivity index (χ4n) is 5.67.